The average molecular weight is 1900 g/mol. The van der Waals surface area contributed by atoms with Crippen molar-refractivity contribution in [3.8, 4) is 51.2 Å². The molecule has 12 aromatic rings. The number of ether oxygens (including phenoxy) is 7. The number of aliphatic hydroxyl groups is 6. The minimum atomic E-state index is -1.51. The van der Waals surface area contributed by atoms with Crippen LogP contribution in [0.15, 0.2) is 173 Å². The van der Waals surface area contributed by atoms with Crippen molar-refractivity contribution in [3.05, 3.63) is 230 Å². The monoisotopic (exact) mass is 1890 g/mol. The number of nitrogen functional groups attached to an aromatic ring is 2. The molecule has 133 heavy (non-hydrogen) atoms. The highest BCUT2D eigenvalue weighted by Crippen LogP contribution is 2.41. The van der Waals surface area contributed by atoms with Gasteiger partial charge in [0.25, 0.3) is 11.8 Å². The first-order valence-corrected chi connectivity index (χ1v) is 44.6. The molecule has 10 heterocycles. The number of aliphatic hydroxyl groups excluding tert-OH is 6. The Kier molecular flexibility index (Phi) is 33.0. The minimum Gasteiger partial charge on any atom is -0.493 e. The van der Waals surface area contributed by atoms with E-state index in [4.69, 9.17) is 96.8 Å². The zero-order chi connectivity index (χ0) is 95.0. The van der Waals surface area contributed by atoms with Crippen LogP contribution in [0.3, 0.4) is 0 Å². The van der Waals surface area contributed by atoms with Crippen molar-refractivity contribution in [1.29, 1.82) is 0 Å². The summed E-state index contributed by atoms with van der Waals surface area (Å²) in [6.07, 6.45) is 12.0. The third kappa shape index (κ3) is 24.5. The van der Waals surface area contributed by atoms with Gasteiger partial charge in [0.05, 0.1) is 83.6 Å². The largest absolute Gasteiger partial charge is 0.493 e. The first-order valence-electron chi connectivity index (χ1n) is 42.2. The number of halogens is 3. The maximum atomic E-state index is 15.8. The van der Waals surface area contributed by atoms with Crippen LogP contribution < -0.4 is 48.1 Å². The number of aromatic carboxylic acids is 2. The summed E-state index contributed by atoms with van der Waals surface area (Å²) in [5, 5.41) is 80.8. The van der Waals surface area contributed by atoms with Crippen LogP contribution >= 0.6 is 35.1 Å². The van der Waals surface area contributed by atoms with E-state index >= 15 is 4.39 Å². The van der Waals surface area contributed by atoms with E-state index in [1.165, 1.54) is 73.0 Å². The highest BCUT2D eigenvalue weighted by atomic mass is 35.5. The smallest absolute Gasteiger partial charge is 0.351 e. The summed E-state index contributed by atoms with van der Waals surface area (Å²) in [6, 6.07) is 35.7. The number of benzene rings is 6. The summed E-state index contributed by atoms with van der Waals surface area (Å²) in [5.74, 6) is -1.01. The van der Waals surface area contributed by atoms with Crippen molar-refractivity contribution in [2.45, 2.75) is 170 Å². The van der Waals surface area contributed by atoms with Gasteiger partial charge >= 0.3 is 23.3 Å². The second kappa shape index (κ2) is 44.8. The maximum Gasteiger partial charge on any atom is 0.351 e. The minimum absolute atomic E-state index is 0.0103. The predicted molar refractivity (Wildman–Crippen MR) is 483 cm³/mol. The van der Waals surface area contributed by atoms with Gasteiger partial charge in [-0.3, -0.25) is 23.5 Å². The van der Waals surface area contributed by atoms with Crippen molar-refractivity contribution in [2.75, 3.05) is 43.8 Å². The van der Waals surface area contributed by atoms with Gasteiger partial charge in [0.2, 0.25) is 17.1 Å². The Morgan fingerprint density at radius 1 is 0.647 bits per heavy atom. The highest BCUT2D eigenvalue weighted by molar-refractivity contribution is 8.00. The standard InChI is InChI=1S/C34H28ClFN2O5.C30H33N3O5.C7H8FN3O3S.C7H10N4O5.C7H9N3O3S.C5H10O2/c35-24-10-6-20(7-11-24)27-13-8-21(33(39)40)16-23(27)19-43-26-12-14-28(29(36)18-26)32-37-30-17-22(34(41)42)9-15-31(30)38(32)25-4-2-1-3-5-25;1-19(34)24(15-20-9-12-27(36-2)28(16-20)37-3)32-30(35)21-10-11-26-25(17-21)31-29(22-13-14-38-18-22)33(26)23-7-5-4-6-8-23;8-3-1-11(6(12)10-5(3)9)4-2-15-7(13)14-4;8-4(14)5-9-1-11(10-5)6-2(12)3(13)7(15)16-6;8-4-1-2-10(6(11)9-4)5-3-14-7(12)13-5;1-4-2-5(6)7-3-4/h6-18,25H,1-5,19H2,(H,39,40)(H,41,42);9-14,16-18,23-24H,4-8,15H2,1-3H3,(H,32,35);1,4,7,13H,2H2,(H2,9,10,12);1-3,6-7,12-13,15H,(H2,8,14);1-2,5,7,12H,3H2,(H2,8,9,11);4-6H,2-3H2,1H3/t;;;2-,3+,6-,7+;;/m...1../s1. The van der Waals surface area contributed by atoms with Gasteiger partial charge in [-0.1, -0.05) is 105 Å². The van der Waals surface area contributed by atoms with E-state index in [2.05, 4.69) is 41.4 Å². The first-order chi connectivity index (χ1) is 63.8. The van der Waals surface area contributed by atoms with Crippen molar-refractivity contribution in [1.82, 2.24) is 58.3 Å². The molecule has 6 fully saturated rings. The van der Waals surface area contributed by atoms with E-state index in [-0.39, 0.29) is 52.9 Å². The zero-order valence-corrected chi connectivity index (χ0v) is 74.5. The Labute approximate surface area is 770 Å². The number of nitrogens with zero attached hydrogens (tertiary/aromatic N) is 11. The molecule has 6 aliphatic rings. The van der Waals surface area contributed by atoms with Gasteiger partial charge < -0.3 is 110 Å². The first kappa shape index (κ1) is 98.0. The van der Waals surface area contributed by atoms with Gasteiger partial charge in [0, 0.05) is 52.9 Å². The topological polar surface area (TPSA) is 551 Å². The molecule has 15 N–H and O–H groups in total. The molecule has 4 saturated heterocycles. The average Bonchev–Trinajstić information content (AvgIpc) is 1.61. The third-order valence-electron chi connectivity index (χ3n) is 22.4. The van der Waals surface area contributed by atoms with Crippen LogP contribution in [0.2, 0.25) is 5.02 Å². The Morgan fingerprint density at radius 3 is 1.79 bits per heavy atom. The van der Waals surface area contributed by atoms with Gasteiger partial charge in [0.1, 0.15) is 60.4 Å². The number of methoxy groups -OCH3 is 2. The number of Topliss-reactive ketones (excluding diaryl/α,β-unsaturated/α-hetero) is 1. The number of carbonyl (C=O) groups is 5. The molecule has 0 spiro atoms. The highest BCUT2D eigenvalue weighted by Gasteiger charge is 2.44. The summed E-state index contributed by atoms with van der Waals surface area (Å²) in [5.41, 5.74) is 20.4. The lowest BCUT2D eigenvalue weighted by Gasteiger charge is -2.25. The molecule has 0 bridgehead atoms. The number of hydrogen-bond acceptors (Lipinski definition) is 31. The second-order valence-corrected chi connectivity index (χ2v) is 34.2. The Balaban J connectivity index is 0.000000149. The van der Waals surface area contributed by atoms with E-state index < -0.39 is 107 Å². The van der Waals surface area contributed by atoms with Crippen LogP contribution in [0.4, 0.5) is 20.4 Å². The number of amides is 2. The lowest BCUT2D eigenvalue weighted by atomic mass is 9.94. The van der Waals surface area contributed by atoms with Crippen molar-refractivity contribution < 1.29 is 111 Å². The van der Waals surface area contributed by atoms with E-state index in [0.717, 1.165) is 136 Å². The molecule has 2 saturated carbocycles. The molecule has 18 rings (SSSR count). The number of carboxylic acid groups (broad SMARTS) is 2. The number of ketones is 1. The Morgan fingerprint density at radius 2 is 1.25 bits per heavy atom. The molecular formula is C90H98ClF2N15O23S2. The second-order valence-electron chi connectivity index (χ2n) is 31.7. The fourth-order valence-electron chi connectivity index (χ4n) is 15.6. The maximum absolute atomic E-state index is 15.8. The number of furan rings is 1. The fraction of sp³-hybridized carbons (Fsp3) is 0.367. The van der Waals surface area contributed by atoms with Crippen LogP contribution in [0.5, 0.6) is 17.2 Å². The number of imidazole rings is 2. The molecule has 6 aromatic carbocycles. The molecule has 11 atom stereocenters. The summed E-state index contributed by atoms with van der Waals surface area (Å²) in [6.45, 7) is 4.28. The zero-order valence-electron chi connectivity index (χ0n) is 72.1. The summed E-state index contributed by atoms with van der Waals surface area (Å²) < 4.78 is 78.1. The number of fused-ring (bicyclic) bond motifs is 2. The van der Waals surface area contributed by atoms with Gasteiger partial charge in [-0.25, -0.2) is 47.6 Å². The lowest BCUT2D eigenvalue weighted by molar-refractivity contribution is -0.144. The van der Waals surface area contributed by atoms with Crippen molar-refractivity contribution >= 4 is 98.4 Å². The number of aromatic nitrogens is 11. The van der Waals surface area contributed by atoms with Gasteiger partial charge in [-0.15, -0.1) is 5.10 Å². The molecule has 0 radical (unpaired) electrons. The number of hydrogen-bond donors (Lipinski definition) is 12. The lowest BCUT2D eigenvalue weighted by Crippen LogP contribution is -2.41. The van der Waals surface area contributed by atoms with Gasteiger partial charge in [0.15, 0.2) is 60.2 Å². The SMILES string of the molecule is CC1COC(O)C1.COc1ccc(CC(NC(=O)c2ccc3c(c2)nc(-c2ccoc2)n3C2CCCCC2)C(C)=O)cc1OC.NC(=O)c1ncn([C@@H]2O[C@H](O)[C@@H](O)[C@H]2O)n1.Nc1ccn(C2CSC(O)O2)c(=O)n1.Nc1nc(=O)n(C2CSC(O)O2)cc1F.O=C(O)c1ccc(-c2ccc(Cl)cc2)c(COc2ccc(-c3nc4cc(C(=O)O)ccc4n3C3CCCCC3)c(F)c2)c1. The van der Waals surface area contributed by atoms with Crippen LogP contribution in [-0.4, -0.2) is 198 Å². The van der Waals surface area contributed by atoms with E-state index in [0.29, 0.717) is 74.4 Å². The molecular weight excluding hydrogens is 1800 g/mol. The number of rotatable bonds is 21. The van der Waals surface area contributed by atoms with Crippen molar-refractivity contribution in [3.63, 3.8) is 0 Å². The van der Waals surface area contributed by atoms with E-state index in [1.807, 2.05) is 42.5 Å². The van der Waals surface area contributed by atoms with Crippen LogP contribution in [-0.2, 0) is 36.8 Å². The molecule has 2 aliphatic carbocycles. The predicted octanol–water partition coefficient (Wildman–Crippen LogP) is 10.6. The summed E-state index contributed by atoms with van der Waals surface area (Å²) in [7, 11) is 3.14. The molecule has 6 aromatic heterocycles. The number of nitrogens with one attached hydrogen (secondary N) is 1. The van der Waals surface area contributed by atoms with Gasteiger partial charge in [-0.2, -0.15) is 9.97 Å². The molecule has 7 unspecified atom stereocenters. The Bertz CT molecular complexity index is 6230. The normalized spacial score (nSPS) is 20.7. The molecule has 2 amide bonds. The van der Waals surface area contributed by atoms with Crippen LogP contribution in [0.25, 0.3) is 56.0 Å². The number of carboxylic acids is 2. The van der Waals surface area contributed by atoms with Gasteiger partial charge in [-0.05, 0) is 164 Å². The van der Waals surface area contributed by atoms with E-state index in [9.17, 15) is 58.4 Å². The van der Waals surface area contributed by atoms with E-state index in [1.54, 1.807) is 87.4 Å². The van der Waals surface area contributed by atoms with Crippen LogP contribution in [0, 0.1) is 17.6 Å². The molecule has 704 valence electrons. The quantitative estimate of drug-likeness (QED) is 0.0318. The molecule has 43 heteroatoms. The molecule has 4 aliphatic heterocycles. The van der Waals surface area contributed by atoms with Crippen molar-refractivity contribution in [2.24, 2.45) is 11.7 Å². The number of primary amides is 1. The summed E-state index contributed by atoms with van der Waals surface area (Å²) >= 11 is 8.39. The Hall–Kier alpha value is -12.6. The third-order valence-corrected chi connectivity index (χ3v) is 24.4. The number of anilines is 2. The molecule has 38 nitrogen and oxygen atoms in total. The number of nitrogens with two attached hydrogens (primary N) is 3. The van der Waals surface area contributed by atoms with Crippen LogP contribution in [0.1, 0.15) is 168 Å². The number of thioether (sulfide) groups is 2. The number of carbonyl (C=O) groups excluding carboxylic acids is 3. The summed E-state index contributed by atoms with van der Waals surface area (Å²) in [4.78, 5) is 102. The fourth-order valence-corrected chi connectivity index (χ4v) is 17.3.